The van der Waals surface area contributed by atoms with E-state index < -0.39 is 0 Å². The van der Waals surface area contributed by atoms with Crippen molar-refractivity contribution in [2.75, 3.05) is 19.6 Å². The van der Waals surface area contributed by atoms with E-state index in [0.717, 1.165) is 31.9 Å². The number of fused-ring (bicyclic) bond motifs is 4. The molecule has 3 aliphatic heterocycles. The minimum Gasteiger partial charge on any atom is -0.424 e. The van der Waals surface area contributed by atoms with E-state index in [9.17, 15) is 4.79 Å². The van der Waals surface area contributed by atoms with E-state index in [4.69, 9.17) is 4.42 Å². The van der Waals surface area contributed by atoms with Crippen LogP contribution < -0.4 is 0 Å². The molecule has 136 valence electrons. The summed E-state index contributed by atoms with van der Waals surface area (Å²) >= 11 is 0. The second kappa shape index (κ2) is 6.46. The van der Waals surface area contributed by atoms with E-state index in [1.165, 1.54) is 19.3 Å². The monoisotopic (exact) mass is 353 g/mol. The lowest BCUT2D eigenvalue weighted by molar-refractivity contribution is 0.0732. The molecule has 0 N–H and O–H groups in total. The van der Waals surface area contributed by atoms with Crippen LogP contribution in [0.5, 0.6) is 0 Å². The molecule has 3 saturated heterocycles. The molecule has 1 saturated carbocycles. The zero-order valence-corrected chi connectivity index (χ0v) is 14.8. The van der Waals surface area contributed by atoms with Crippen LogP contribution in [0.2, 0.25) is 0 Å². The number of hydrogen-bond donors (Lipinski definition) is 0. The Kier molecular flexibility index (Phi) is 3.96. The summed E-state index contributed by atoms with van der Waals surface area (Å²) in [5, 5.41) is 8.44. The van der Waals surface area contributed by atoms with E-state index in [2.05, 4.69) is 20.1 Å². The highest BCUT2D eigenvalue weighted by molar-refractivity contribution is 5.93. The summed E-state index contributed by atoms with van der Waals surface area (Å²) in [5.74, 6) is 2.59. The minimum absolute atomic E-state index is 0.0886. The van der Waals surface area contributed by atoms with Gasteiger partial charge in [0, 0.05) is 44.0 Å². The van der Waals surface area contributed by atoms with Crippen LogP contribution in [0, 0.1) is 5.92 Å². The predicted molar refractivity (Wildman–Crippen MR) is 93.3 cm³/mol. The van der Waals surface area contributed by atoms with Gasteiger partial charge >= 0.3 is 0 Å². The van der Waals surface area contributed by atoms with Crippen LogP contribution in [0.15, 0.2) is 28.9 Å². The first-order valence-electron chi connectivity index (χ1n) is 9.52. The standard InChI is InChI=1S/C19H23N5O2/c25-19(15-2-1-7-20-8-15)24-10-13-3-6-16(11-24)23(9-13)12-17-21-22-18(26-17)14-4-5-14/h1-2,7-8,13-14,16H,3-6,9-12H2/t13-,16-/m1/s1. The summed E-state index contributed by atoms with van der Waals surface area (Å²) in [6.45, 7) is 3.25. The molecule has 2 atom stereocenters. The van der Waals surface area contributed by atoms with Crippen molar-refractivity contribution in [3.63, 3.8) is 0 Å². The van der Waals surface area contributed by atoms with Crippen molar-refractivity contribution in [2.24, 2.45) is 5.92 Å². The second-order valence-electron chi connectivity index (χ2n) is 7.79. The molecule has 0 radical (unpaired) electrons. The first kappa shape index (κ1) is 15.9. The Hall–Kier alpha value is -2.28. The second-order valence-corrected chi connectivity index (χ2v) is 7.79. The van der Waals surface area contributed by atoms with Gasteiger partial charge in [-0.1, -0.05) is 0 Å². The molecule has 6 rings (SSSR count). The van der Waals surface area contributed by atoms with Gasteiger partial charge in [0.05, 0.1) is 12.1 Å². The van der Waals surface area contributed by atoms with Crippen LogP contribution in [-0.4, -0.2) is 56.6 Å². The van der Waals surface area contributed by atoms with E-state index >= 15 is 0 Å². The van der Waals surface area contributed by atoms with Gasteiger partial charge in [-0.05, 0) is 43.7 Å². The highest BCUT2D eigenvalue weighted by Crippen LogP contribution is 2.39. The molecule has 1 amide bonds. The first-order valence-corrected chi connectivity index (χ1v) is 9.52. The molecular formula is C19H23N5O2. The summed E-state index contributed by atoms with van der Waals surface area (Å²) < 4.78 is 5.85. The Bertz CT molecular complexity index is 788. The van der Waals surface area contributed by atoms with Gasteiger partial charge in [-0.2, -0.15) is 0 Å². The number of nitrogens with zero attached hydrogens (tertiary/aromatic N) is 5. The molecule has 7 nitrogen and oxygen atoms in total. The first-order chi connectivity index (χ1) is 12.8. The average Bonchev–Trinajstić information content (AvgIpc) is 3.47. The number of piperidine rings is 1. The van der Waals surface area contributed by atoms with Gasteiger partial charge in [-0.15, -0.1) is 10.2 Å². The van der Waals surface area contributed by atoms with E-state index in [-0.39, 0.29) is 5.91 Å². The molecule has 5 heterocycles. The maximum atomic E-state index is 12.8. The van der Waals surface area contributed by atoms with E-state index in [1.807, 2.05) is 17.0 Å². The molecule has 4 aliphatic rings. The van der Waals surface area contributed by atoms with Crippen LogP contribution in [0.3, 0.4) is 0 Å². The van der Waals surface area contributed by atoms with Gasteiger partial charge in [0.2, 0.25) is 11.8 Å². The number of pyridine rings is 1. The SMILES string of the molecule is O=C(c1cccnc1)N1C[C@@H]2CC[C@H](C1)N(Cc1nnc(C3CC3)o1)C2. The number of hydrogen-bond acceptors (Lipinski definition) is 6. The maximum absolute atomic E-state index is 12.8. The van der Waals surface area contributed by atoms with Gasteiger partial charge in [0.15, 0.2) is 0 Å². The molecule has 26 heavy (non-hydrogen) atoms. The predicted octanol–water partition coefficient (Wildman–Crippen LogP) is 2.08. The van der Waals surface area contributed by atoms with Crippen LogP contribution in [0.25, 0.3) is 0 Å². The molecule has 2 bridgehead atoms. The highest BCUT2D eigenvalue weighted by Gasteiger charge is 2.37. The fourth-order valence-corrected chi connectivity index (χ4v) is 4.21. The van der Waals surface area contributed by atoms with Crippen molar-refractivity contribution in [1.82, 2.24) is 25.0 Å². The molecule has 0 aromatic carbocycles. The normalized spacial score (nSPS) is 26.1. The Morgan fingerprint density at radius 1 is 1.15 bits per heavy atom. The molecule has 2 aromatic heterocycles. The van der Waals surface area contributed by atoms with Crippen molar-refractivity contribution in [1.29, 1.82) is 0 Å². The lowest BCUT2D eigenvalue weighted by atomic mass is 9.95. The zero-order valence-electron chi connectivity index (χ0n) is 14.8. The molecule has 2 aromatic rings. The largest absolute Gasteiger partial charge is 0.424 e. The number of carbonyl (C=O) groups excluding carboxylic acids is 1. The quantitative estimate of drug-likeness (QED) is 0.838. The number of aromatic nitrogens is 3. The number of carbonyl (C=O) groups is 1. The zero-order chi connectivity index (χ0) is 17.5. The minimum atomic E-state index is 0.0886. The lowest BCUT2D eigenvalue weighted by Crippen LogP contribution is -2.44. The third-order valence-corrected chi connectivity index (χ3v) is 5.77. The van der Waals surface area contributed by atoms with Gasteiger partial charge in [-0.25, -0.2) is 0 Å². The highest BCUT2D eigenvalue weighted by atomic mass is 16.4. The topological polar surface area (TPSA) is 75.4 Å². The Morgan fingerprint density at radius 2 is 2.08 bits per heavy atom. The molecule has 0 unspecified atom stereocenters. The van der Waals surface area contributed by atoms with Gasteiger partial charge in [0.1, 0.15) is 0 Å². The van der Waals surface area contributed by atoms with Gasteiger partial charge in [0.25, 0.3) is 5.91 Å². The molecule has 7 heteroatoms. The van der Waals surface area contributed by atoms with Gasteiger partial charge < -0.3 is 9.32 Å². The number of amides is 1. The van der Waals surface area contributed by atoms with Crippen LogP contribution in [0.1, 0.15) is 53.7 Å². The Morgan fingerprint density at radius 3 is 2.88 bits per heavy atom. The van der Waals surface area contributed by atoms with Crippen LogP contribution in [-0.2, 0) is 6.54 Å². The summed E-state index contributed by atoms with van der Waals surface area (Å²) in [6, 6.07) is 4.02. The average molecular weight is 353 g/mol. The molecule has 4 fully saturated rings. The molecule has 0 spiro atoms. The summed E-state index contributed by atoms with van der Waals surface area (Å²) in [5.41, 5.74) is 0.673. The summed E-state index contributed by atoms with van der Waals surface area (Å²) in [7, 11) is 0. The van der Waals surface area contributed by atoms with Crippen molar-refractivity contribution < 1.29 is 9.21 Å². The smallest absolute Gasteiger partial charge is 0.255 e. The Labute approximate surface area is 152 Å². The third-order valence-electron chi connectivity index (χ3n) is 5.77. The summed E-state index contributed by atoms with van der Waals surface area (Å²) in [4.78, 5) is 21.4. The summed E-state index contributed by atoms with van der Waals surface area (Å²) in [6.07, 6.45) is 7.98. The van der Waals surface area contributed by atoms with Crippen LogP contribution in [0.4, 0.5) is 0 Å². The maximum Gasteiger partial charge on any atom is 0.255 e. The van der Waals surface area contributed by atoms with Crippen molar-refractivity contribution >= 4 is 5.91 Å². The van der Waals surface area contributed by atoms with Gasteiger partial charge in [-0.3, -0.25) is 14.7 Å². The number of rotatable bonds is 4. The van der Waals surface area contributed by atoms with Crippen molar-refractivity contribution in [3.05, 3.63) is 41.9 Å². The van der Waals surface area contributed by atoms with Crippen molar-refractivity contribution in [3.8, 4) is 0 Å². The van der Waals surface area contributed by atoms with E-state index in [0.29, 0.717) is 35.9 Å². The molecular weight excluding hydrogens is 330 g/mol. The fourth-order valence-electron chi connectivity index (χ4n) is 4.21. The lowest BCUT2D eigenvalue weighted by Gasteiger charge is -2.34. The Balaban J connectivity index is 1.29. The van der Waals surface area contributed by atoms with Crippen molar-refractivity contribution in [2.45, 2.75) is 44.2 Å². The van der Waals surface area contributed by atoms with E-state index in [1.54, 1.807) is 12.4 Å². The molecule has 1 aliphatic carbocycles. The fraction of sp³-hybridized carbons (Fsp3) is 0.579. The van der Waals surface area contributed by atoms with Crippen LogP contribution >= 0.6 is 0 Å². The third kappa shape index (κ3) is 3.11.